The molecule has 1 aromatic heterocycles. The van der Waals surface area contributed by atoms with E-state index in [-0.39, 0.29) is 18.0 Å². The molecule has 2 saturated heterocycles. The van der Waals surface area contributed by atoms with E-state index in [2.05, 4.69) is 34.4 Å². The molecule has 10 heteroatoms. The SMILES string of the molecule is CC(C)N1CCNC(C(=O)N2CCN(C(=O)Nc3ncc(Cl)s3)CC2)C1. The fourth-order valence-corrected chi connectivity index (χ4v) is 4.04. The molecular weight excluding hydrogens is 376 g/mol. The van der Waals surface area contributed by atoms with Crippen molar-refractivity contribution in [2.24, 2.45) is 0 Å². The van der Waals surface area contributed by atoms with Gasteiger partial charge in [-0.25, -0.2) is 9.78 Å². The molecule has 0 aromatic carbocycles. The molecule has 144 valence electrons. The van der Waals surface area contributed by atoms with Gasteiger partial charge in [0.05, 0.1) is 12.2 Å². The number of anilines is 1. The molecule has 2 N–H and O–H groups in total. The number of halogens is 1. The summed E-state index contributed by atoms with van der Waals surface area (Å²) in [5.74, 6) is 0.127. The van der Waals surface area contributed by atoms with Crippen molar-refractivity contribution in [3.8, 4) is 0 Å². The van der Waals surface area contributed by atoms with E-state index in [1.807, 2.05) is 4.90 Å². The normalized spacial score (nSPS) is 21.9. The van der Waals surface area contributed by atoms with Crippen LogP contribution in [-0.4, -0.2) is 89.5 Å². The van der Waals surface area contributed by atoms with Crippen LogP contribution in [0.5, 0.6) is 0 Å². The van der Waals surface area contributed by atoms with Crippen molar-refractivity contribution in [3.63, 3.8) is 0 Å². The van der Waals surface area contributed by atoms with Gasteiger partial charge in [-0.2, -0.15) is 0 Å². The lowest BCUT2D eigenvalue weighted by Crippen LogP contribution is -2.61. The van der Waals surface area contributed by atoms with Crippen LogP contribution in [0.15, 0.2) is 6.20 Å². The van der Waals surface area contributed by atoms with Gasteiger partial charge in [-0.15, -0.1) is 0 Å². The van der Waals surface area contributed by atoms with Crippen molar-refractivity contribution >= 4 is 40.0 Å². The quantitative estimate of drug-likeness (QED) is 0.795. The Bertz CT molecular complexity index is 646. The summed E-state index contributed by atoms with van der Waals surface area (Å²) in [5.41, 5.74) is 0. The average molecular weight is 401 g/mol. The van der Waals surface area contributed by atoms with Crippen LogP contribution >= 0.6 is 22.9 Å². The topological polar surface area (TPSA) is 80.8 Å². The molecule has 0 saturated carbocycles. The monoisotopic (exact) mass is 400 g/mol. The standard InChI is InChI=1S/C16H25ClN6O2S/c1-11(2)23-4-3-18-12(10-23)14(24)21-5-7-22(8-6-21)16(25)20-15-19-9-13(17)26-15/h9,11-12,18H,3-8,10H2,1-2H3,(H,19,20,25). The molecular formula is C16H25ClN6O2S. The van der Waals surface area contributed by atoms with Gasteiger partial charge in [0, 0.05) is 51.9 Å². The minimum Gasteiger partial charge on any atom is -0.338 e. The van der Waals surface area contributed by atoms with Gasteiger partial charge in [-0.05, 0) is 13.8 Å². The van der Waals surface area contributed by atoms with Crippen LogP contribution in [-0.2, 0) is 4.79 Å². The summed E-state index contributed by atoms with van der Waals surface area (Å²) in [4.78, 5) is 35.0. The van der Waals surface area contributed by atoms with Gasteiger partial charge < -0.3 is 15.1 Å². The van der Waals surface area contributed by atoms with Crippen molar-refractivity contribution in [2.45, 2.75) is 25.9 Å². The molecule has 1 aromatic rings. The number of carbonyl (C=O) groups is 2. The Labute approximate surface area is 162 Å². The minimum atomic E-state index is -0.204. The third-order valence-electron chi connectivity index (χ3n) is 4.81. The van der Waals surface area contributed by atoms with Crippen molar-refractivity contribution in [1.82, 2.24) is 25.0 Å². The molecule has 8 nitrogen and oxygen atoms in total. The number of hydrogen-bond acceptors (Lipinski definition) is 6. The highest BCUT2D eigenvalue weighted by molar-refractivity contribution is 7.19. The summed E-state index contributed by atoms with van der Waals surface area (Å²) in [5, 5.41) is 6.56. The predicted molar refractivity (Wildman–Crippen MR) is 103 cm³/mol. The van der Waals surface area contributed by atoms with E-state index in [1.165, 1.54) is 17.5 Å². The van der Waals surface area contributed by atoms with Crippen LogP contribution in [0.3, 0.4) is 0 Å². The van der Waals surface area contributed by atoms with Crippen LogP contribution in [0.25, 0.3) is 0 Å². The second kappa shape index (κ2) is 8.51. The molecule has 1 unspecified atom stereocenters. The lowest BCUT2D eigenvalue weighted by molar-refractivity contribution is -0.136. The molecule has 0 aliphatic carbocycles. The Hall–Kier alpha value is -1.42. The van der Waals surface area contributed by atoms with Crippen LogP contribution in [0.2, 0.25) is 4.34 Å². The van der Waals surface area contributed by atoms with Crippen molar-refractivity contribution in [3.05, 3.63) is 10.5 Å². The van der Waals surface area contributed by atoms with Gasteiger partial charge in [0.25, 0.3) is 0 Å². The second-order valence-electron chi connectivity index (χ2n) is 6.81. The first-order chi connectivity index (χ1) is 12.4. The van der Waals surface area contributed by atoms with Gasteiger partial charge in [-0.3, -0.25) is 15.0 Å². The second-order valence-corrected chi connectivity index (χ2v) is 8.47. The van der Waals surface area contributed by atoms with Gasteiger partial charge in [0.2, 0.25) is 5.91 Å². The molecule has 3 heterocycles. The number of urea groups is 1. The minimum absolute atomic E-state index is 0.127. The molecule has 3 rings (SSSR count). The van der Waals surface area contributed by atoms with E-state index in [4.69, 9.17) is 11.6 Å². The highest BCUT2D eigenvalue weighted by Gasteiger charge is 2.32. The highest BCUT2D eigenvalue weighted by Crippen LogP contribution is 2.22. The number of piperazine rings is 2. The molecule has 2 aliphatic heterocycles. The van der Waals surface area contributed by atoms with Crippen LogP contribution < -0.4 is 10.6 Å². The Morgan fingerprint density at radius 2 is 1.96 bits per heavy atom. The number of carbonyl (C=O) groups excluding carboxylic acids is 2. The zero-order valence-electron chi connectivity index (χ0n) is 15.1. The predicted octanol–water partition coefficient (Wildman–Crippen LogP) is 1.15. The number of amides is 3. The number of thiazole rings is 1. The molecule has 0 bridgehead atoms. The molecule has 2 aliphatic rings. The molecule has 2 fully saturated rings. The number of hydrogen-bond donors (Lipinski definition) is 2. The average Bonchev–Trinajstić information content (AvgIpc) is 3.06. The first-order valence-electron chi connectivity index (χ1n) is 8.87. The zero-order chi connectivity index (χ0) is 18.7. The van der Waals surface area contributed by atoms with Gasteiger partial charge in [-0.1, -0.05) is 22.9 Å². The fourth-order valence-electron chi connectivity index (χ4n) is 3.24. The van der Waals surface area contributed by atoms with E-state index >= 15 is 0 Å². The Balaban J connectivity index is 1.48. The van der Waals surface area contributed by atoms with E-state index < -0.39 is 0 Å². The number of rotatable bonds is 3. The highest BCUT2D eigenvalue weighted by atomic mass is 35.5. The van der Waals surface area contributed by atoms with Gasteiger partial charge in [0.1, 0.15) is 4.34 Å². The Kier molecular flexibility index (Phi) is 6.33. The maximum atomic E-state index is 12.8. The molecule has 1 atom stereocenters. The third kappa shape index (κ3) is 4.64. The summed E-state index contributed by atoms with van der Waals surface area (Å²) >= 11 is 7.05. The summed E-state index contributed by atoms with van der Waals surface area (Å²) < 4.78 is 0.533. The Morgan fingerprint density at radius 1 is 1.27 bits per heavy atom. The summed E-state index contributed by atoms with van der Waals surface area (Å²) in [6.07, 6.45) is 1.51. The zero-order valence-corrected chi connectivity index (χ0v) is 16.6. The molecule has 26 heavy (non-hydrogen) atoms. The van der Waals surface area contributed by atoms with Crippen molar-refractivity contribution in [1.29, 1.82) is 0 Å². The van der Waals surface area contributed by atoms with E-state index in [9.17, 15) is 9.59 Å². The van der Waals surface area contributed by atoms with Crippen molar-refractivity contribution < 1.29 is 9.59 Å². The number of aromatic nitrogens is 1. The lowest BCUT2D eigenvalue weighted by Gasteiger charge is -2.40. The molecule has 3 amide bonds. The van der Waals surface area contributed by atoms with E-state index in [1.54, 1.807) is 4.90 Å². The van der Waals surface area contributed by atoms with Crippen LogP contribution in [0.4, 0.5) is 9.93 Å². The smallest absolute Gasteiger partial charge is 0.323 e. The third-order valence-corrected chi connectivity index (χ3v) is 5.84. The largest absolute Gasteiger partial charge is 0.338 e. The summed E-state index contributed by atoms with van der Waals surface area (Å²) in [6.45, 7) is 8.95. The molecule has 0 radical (unpaired) electrons. The number of nitrogens with one attached hydrogen (secondary N) is 2. The van der Waals surface area contributed by atoms with Gasteiger partial charge in [0.15, 0.2) is 5.13 Å². The maximum Gasteiger partial charge on any atom is 0.323 e. The Morgan fingerprint density at radius 3 is 2.58 bits per heavy atom. The summed E-state index contributed by atoms with van der Waals surface area (Å²) in [6, 6.07) is 0.0705. The van der Waals surface area contributed by atoms with E-state index in [0.29, 0.717) is 41.7 Å². The summed E-state index contributed by atoms with van der Waals surface area (Å²) in [7, 11) is 0. The first-order valence-corrected chi connectivity index (χ1v) is 10.1. The fraction of sp³-hybridized carbons (Fsp3) is 0.688. The number of nitrogens with zero attached hydrogens (tertiary/aromatic N) is 4. The lowest BCUT2D eigenvalue weighted by atomic mass is 10.1. The van der Waals surface area contributed by atoms with Gasteiger partial charge >= 0.3 is 6.03 Å². The first kappa shape index (κ1) is 19.3. The maximum absolute atomic E-state index is 12.8. The van der Waals surface area contributed by atoms with E-state index in [0.717, 1.165) is 19.6 Å². The van der Waals surface area contributed by atoms with Crippen LogP contribution in [0, 0.1) is 0 Å². The van der Waals surface area contributed by atoms with Crippen molar-refractivity contribution in [2.75, 3.05) is 51.1 Å². The molecule has 0 spiro atoms. The van der Waals surface area contributed by atoms with Crippen LogP contribution in [0.1, 0.15) is 13.8 Å².